The van der Waals surface area contributed by atoms with Gasteiger partial charge in [-0.15, -0.1) is 0 Å². The van der Waals surface area contributed by atoms with E-state index in [4.69, 9.17) is 10.9 Å². The first-order chi connectivity index (χ1) is 7.02. The first kappa shape index (κ1) is 13.9. The summed E-state index contributed by atoms with van der Waals surface area (Å²) in [6.07, 6.45) is 2.02. The zero-order valence-corrected chi connectivity index (χ0v) is 9.03. The fourth-order valence-corrected chi connectivity index (χ4v) is 1.03. The molecule has 2 amide bonds. The van der Waals surface area contributed by atoms with Crippen LogP contribution >= 0.6 is 0 Å². The number of nitrogens with two attached hydrogens (primary N) is 1. The maximum Gasteiger partial charge on any atom is 0.220 e. The molecule has 0 radical (unpaired) electrons. The van der Waals surface area contributed by atoms with Gasteiger partial charge < -0.3 is 16.3 Å². The summed E-state index contributed by atoms with van der Waals surface area (Å²) in [4.78, 5) is 21.5. The van der Waals surface area contributed by atoms with Gasteiger partial charge in [0.15, 0.2) is 0 Å². The Morgan fingerprint density at radius 3 is 2.47 bits per heavy atom. The number of primary amides is 1. The van der Waals surface area contributed by atoms with Crippen molar-refractivity contribution in [1.82, 2.24) is 10.4 Å². The van der Waals surface area contributed by atoms with Gasteiger partial charge in [-0.05, 0) is 12.8 Å². The van der Waals surface area contributed by atoms with Crippen LogP contribution in [-0.2, 0) is 9.59 Å². The number of hydrogen-bond acceptors (Lipinski definition) is 4. The molecule has 15 heavy (non-hydrogen) atoms. The van der Waals surface area contributed by atoms with E-state index in [9.17, 15) is 9.59 Å². The van der Waals surface area contributed by atoms with E-state index < -0.39 is 0 Å². The molecule has 0 unspecified atom stereocenters. The predicted octanol–water partition coefficient (Wildman–Crippen LogP) is -0.531. The number of unbranched alkanes of at least 4 members (excludes halogenated alkanes) is 1. The second kappa shape index (κ2) is 8.19. The molecule has 0 fully saturated rings. The van der Waals surface area contributed by atoms with Crippen molar-refractivity contribution in [1.29, 1.82) is 0 Å². The smallest absolute Gasteiger partial charge is 0.220 e. The van der Waals surface area contributed by atoms with Crippen LogP contribution in [0.4, 0.5) is 0 Å². The fourth-order valence-electron chi connectivity index (χ4n) is 1.03. The fraction of sp³-hybridized carbons (Fsp3) is 0.778. The normalized spacial score (nSPS) is 10.3. The Bertz CT molecular complexity index is 207. The lowest BCUT2D eigenvalue weighted by molar-refractivity contribution is -0.122. The first-order valence-electron chi connectivity index (χ1n) is 4.97. The summed E-state index contributed by atoms with van der Waals surface area (Å²) in [5.74, 6) is -0.404. The molecule has 6 nitrogen and oxygen atoms in total. The minimum atomic E-state index is -0.336. The first-order valence-corrected chi connectivity index (χ1v) is 4.97. The van der Waals surface area contributed by atoms with E-state index in [2.05, 4.69) is 5.32 Å². The average Bonchev–Trinajstić information content (AvgIpc) is 2.11. The van der Waals surface area contributed by atoms with Crippen LogP contribution in [0, 0.1) is 0 Å². The van der Waals surface area contributed by atoms with Gasteiger partial charge in [0.05, 0.1) is 0 Å². The third kappa shape index (κ3) is 10.8. The molecule has 0 aromatic heterocycles. The highest BCUT2D eigenvalue weighted by Gasteiger charge is 2.01. The lowest BCUT2D eigenvalue weighted by Crippen LogP contribution is -2.31. The van der Waals surface area contributed by atoms with Gasteiger partial charge in [-0.25, -0.2) is 0 Å². The van der Waals surface area contributed by atoms with Crippen molar-refractivity contribution in [3.8, 4) is 0 Å². The van der Waals surface area contributed by atoms with E-state index in [1.807, 2.05) is 0 Å². The number of rotatable bonds is 8. The molecule has 0 bridgehead atoms. The van der Waals surface area contributed by atoms with E-state index in [-0.39, 0.29) is 11.8 Å². The molecule has 0 aliphatic heterocycles. The van der Waals surface area contributed by atoms with Crippen molar-refractivity contribution in [3.05, 3.63) is 0 Å². The molecule has 0 saturated carbocycles. The SMILES string of the molecule is CN(O)CCNC(=O)CCCCC(N)=O. The Hall–Kier alpha value is -1.14. The van der Waals surface area contributed by atoms with Crippen molar-refractivity contribution in [2.45, 2.75) is 25.7 Å². The molecule has 0 rings (SSSR count). The van der Waals surface area contributed by atoms with Crippen LogP contribution < -0.4 is 11.1 Å². The molecule has 4 N–H and O–H groups in total. The molecule has 0 atom stereocenters. The number of nitrogens with one attached hydrogen (secondary N) is 1. The number of carbonyl (C=O) groups is 2. The van der Waals surface area contributed by atoms with E-state index in [1.165, 1.54) is 7.05 Å². The number of amides is 2. The van der Waals surface area contributed by atoms with Gasteiger partial charge in [0, 0.05) is 33.0 Å². The second-order valence-electron chi connectivity index (χ2n) is 3.40. The summed E-state index contributed by atoms with van der Waals surface area (Å²) in [6.45, 7) is 0.814. The number of hydrogen-bond donors (Lipinski definition) is 3. The van der Waals surface area contributed by atoms with Gasteiger partial charge >= 0.3 is 0 Å². The van der Waals surface area contributed by atoms with Gasteiger partial charge in [-0.1, -0.05) is 0 Å². The summed E-state index contributed by atoms with van der Waals surface area (Å²) in [7, 11) is 1.51. The Labute approximate surface area is 89.4 Å². The third-order valence-corrected chi connectivity index (χ3v) is 1.83. The predicted molar refractivity (Wildman–Crippen MR) is 55.1 cm³/mol. The Morgan fingerprint density at radius 2 is 1.93 bits per heavy atom. The molecule has 0 heterocycles. The molecule has 0 aromatic carbocycles. The molecule has 0 aromatic rings. The minimum Gasteiger partial charge on any atom is -0.370 e. The zero-order valence-electron chi connectivity index (χ0n) is 9.03. The van der Waals surface area contributed by atoms with Crippen molar-refractivity contribution in [2.24, 2.45) is 5.73 Å². The van der Waals surface area contributed by atoms with Gasteiger partial charge in [-0.3, -0.25) is 9.59 Å². The summed E-state index contributed by atoms with van der Waals surface area (Å²) in [5.41, 5.74) is 4.95. The van der Waals surface area contributed by atoms with Crippen LogP contribution in [0.2, 0.25) is 0 Å². The molecule has 0 aliphatic carbocycles. The van der Waals surface area contributed by atoms with Gasteiger partial charge in [0.25, 0.3) is 0 Å². The highest BCUT2D eigenvalue weighted by molar-refractivity contribution is 5.76. The van der Waals surface area contributed by atoms with Crippen molar-refractivity contribution < 1.29 is 14.8 Å². The number of likely N-dealkylation sites (N-methyl/N-ethyl adjacent to an activating group) is 1. The van der Waals surface area contributed by atoms with Crippen LogP contribution in [0.3, 0.4) is 0 Å². The number of hydroxylamine groups is 2. The van der Waals surface area contributed by atoms with Crippen LogP contribution in [-0.4, -0.2) is 42.2 Å². The largest absolute Gasteiger partial charge is 0.370 e. The number of carbonyl (C=O) groups excluding carboxylic acids is 2. The topological polar surface area (TPSA) is 95.7 Å². The van der Waals surface area contributed by atoms with E-state index in [0.717, 1.165) is 5.06 Å². The van der Waals surface area contributed by atoms with Crippen LogP contribution in [0.25, 0.3) is 0 Å². The Balaban J connectivity index is 3.30. The third-order valence-electron chi connectivity index (χ3n) is 1.83. The lowest BCUT2D eigenvalue weighted by Gasteiger charge is -2.08. The highest BCUT2D eigenvalue weighted by atomic mass is 16.5. The maximum atomic E-state index is 11.1. The summed E-state index contributed by atoms with van der Waals surface area (Å²) in [6, 6.07) is 0. The molecule has 6 heteroatoms. The monoisotopic (exact) mass is 217 g/mol. The van der Waals surface area contributed by atoms with E-state index >= 15 is 0 Å². The van der Waals surface area contributed by atoms with E-state index in [1.54, 1.807) is 0 Å². The zero-order chi connectivity index (χ0) is 11.7. The summed E-state index contributed by atoms with van der Waals surface area (Å²) < 4.78 is 0. The van der Waals surface area contributed by atoms with Crippen molar-refractivity contribution >= 4 is 11.8 Å². The number of nitrogens with zero attached hydrogens (tertiary/aromatic N) is 1. The standard InChI is InChI=1S/C9H19N3O3/c1-12(15)7-6-11-9(14)5-3-2-4-8(10)13/h15H,2-7H2,1H3,(H2,10,13)(H,11,14). The quantitative estimate of drug-likeness (QED) is 0.376. The average molecular weight is 217 g/mol. The van der Waals surface area contributed by atoms with E-state index in [0.29, 0.717) is 38.8 Å². The Kier molecular flexibility index (Phi) is 7.57. The molecule has 0 aliphatic rings. The van der Waals surface area contributed by atoms with Crippen LogP contribution in [0.15, 0.2) is 0 Å². The maximum absolute atomic E-state index is 11.1. The van der Waals surface area contributed by atoms with Crippen molar-refractivity contribution in [3.63, 3.8) is 0 Å². The minimum absolute atomic E-state index is 0.0682. The Morgan fingerprint density at radius 1 is 1.33 bits per heavy atom. The molecule has 0 saturated heterocycles. The molecule has 0 spiro atoms. The highest BCUT2D eigenvalue weighted by Crippen LogP contribution is 1.98. The van der Waals surface area contributed by atoms with Gasteiger partial charge in [0.2, 0.25) is 11.8 Å². The summed E-state index contributed by atoms with van der Waals surface area (Å²) >= 11 is 0. The molecule has 88 valence electrons. The molecular weight excluding hydrogens is 198 g/mol. The van der Waals surface area contributed by atoms with Gasteiger partial charge in [0.1, 0.15) is 0 Å². The summed E-state index contributed by atoms with van der Waals surface area (Å²) in [5, 5.41) is 12.4. The van der Waals surface area contributed by atoms with Crippen molar-refractivity contribution in [2.75, 3.05) is 20.1 Å². The van der Waals surface area contributed by atoms with Crippen LogP contribution in [0.5, 0.6) is 0 Å². The van der Waals surface area contributed by atoms with Crippen LogP contribution in [0.1, 0.15) is 25.7 Å². The second-order valence-corrected chi connectivity index (χ2v) is 3.40. The molecular formula is C9H19N3O3. The lowest BCUT2D eigenvalue weighted by atomic mass is 10.2. The van der Waals surface area contributed by atoms with Gasteiger partial charge in [-0.2, -0.15) is 5.06 Å².